The second-order valence-corrected chi connectivity index (χ2v) is 6.82. The number of aryl methyl sites for hydroxylation is 1. The zero-order valence-corrected chi connectivity index (χ0v) is 14.3. The maximum Gasteiger partial charge on any atom is 0.289 e. The predicted molar refractivity (Wildman–Crippen MR) is 90.3 cm³/mol. The zero-order chi connectivity index (χ0) is 18.3. The summed E-state index contributed by atoms with van der Waals surface area (Å²) >= 11 is 0. The summed E-state index contributed by atoms with van der Waals surface area (Å²) in [6.45, 7) is 3.20. The van der Waals surface area contributed by atoms with Crippen molar-refractivity contribution in [2.75, 3.05) is 25.4 Å². The fraction of sp³-hybridized carbons (Fsp3) is 0.412. The number of nitrogens with zero attached hydrogens (tertiary/aromatic N) is 3. The molecule has 0 aliphatic carbocycles. The summed E-state index contributed by atoms with van der Waals surface area (Å²) < 4.78 is 10.9. The van der Waals surface area contributed by atoms with Crippen molar-refractivity contribution in [1.82, 2.24) is 20.2 Å². The number of hydrogen-bond donors (Lipinski definition) is 2. The Hall–Kier alpha value is -2.94. The molecule has 2 aromatic rings. The lowest BCUT2D eigenvalue weighted by molar-refractivity contribution is -0.0951. The van der Waals surface area contributed by atoms with Crippen LogP contribution in [0.15, 0.2) is 29.3 Å². The number of nitrogens with one attached hydrogen (secondary N) is 1. The van der Waals surface area contributed by atoms with Crippen LogP contribution in [0.2, 0.25) is 0 Å². The van der Waals surface area contributed by atoms with Crippen LogP contribution >= 0.6 is 0 Å². The largest absolute Gasteiger partial charge is 0.438 e. The number of amides is 2. The molecule has 2 aromatic heterocycles. The summed E-state index contributed by atoms with van der Waals surface area (Å²) in [4.78, 5) is 34.1. The SMILES string of the molecule is Cc1cc(C(=O)N2CC3(CC(NC(=O)c4cnco4)CO3)C2)ncc1N. The number of aromatic nitrogens is 2. The molecule has 9 heteroatoms. The van der Waals surface area contributed by atoms with Gasteiger partial charge < -0.3 is 25.1 Å². The molecule has 26 heavy (non-hydrogen) atoms. The third-order valence-corrected chi connectivity index (χ3v) is 4.82. The van der Waals surface area contributed by atoms with E-state index in [1.165, 1.54) is 18.8 Å². The molecule has 2 saturated heterocycles. The topological polar surface area (TPSA) is 124 Å². The predicted octanol–water partition coefficient (Wildman–Crippen LogP) is 0.374. The van der Waals surface area contributed by atoms with E-state index in [1.807, 2.05) is 6.92 Å². The van der Waals surface area contributed by atoms with Crippen LogP contribution in [0.5, 0.6) is 0 Å². The number of likely N-dealkylation sites (tertiary alicyclic amines) is 1. The third kappa shape index (κ3) is 2.90. The van der Waals surface area contributed by atoms with Gasteiger partial charge in [0, 0.05) is 6.42 Å². The average Bonchev–Trinajstić information content (AvgIpc) is 3.25. The van der Waals surface area contributed by atoms with Gasteiger partial charge in [0.05, 0.1) is 43.8 Å². The summed E-state index contributed by atoms with van der Waals surface area (Å²) in [5.74, 6) is -0.292. The molecule has 1 unspecified atom stereocenters. The Kier molecular flexibility index (Phi) is 3.87. The van der Waals surface area contributed by atoms with Crippen LogP contribution in [0.1, 0.15) is 33.0 Å². The van der Waals surface area contributed by atoms with Crippen molar-refractivity contribution in [3.05, 3.63) is 41.9 Å². The highest BCUT2D eigenvalue weighted by atomic mass is 16.5. The van der Waals surface area contributed by atoms with E-state index in [2.05, 4.69) is 15.3 Å². The van der Waals surface area contributed by atoms with E-state index in [1.54, 1.807) is 11.0 Å². The first-order chi connectivity index (χ1) is 12.5. The molecule has 2 aliphatic rings. The minimum Gasteiger partial charge on any atom is -0.438 e. The molecular weight excluding hydrogens is 338 g/mol. The van der Waals surface area contributed by atoms with E-state index < -0.39 is 5.60 Å². The molecular formula is C17H19N5O4. The fourth-order valence-corrected chi connectivity index (χ4v) is 3.38. The average molecular weight is 357 g/mol. The number of nitrogens with two attached hydrogens (primary N) is 1. The van der Waals surface area contributed by atoms with Crippen LogP contribution in [-0.2, 0) is 4.74 Å². The number of oxazole rings is 1. The third-order valence-electron chi connectivity index (χ3n) is 4.82. The number of pyridine rings is 1. The van der Waals surface area contributed by atoms with Crippen molar-refractivity contribution >= 4 is 17.5 Å². The van der Waals surface area contributed by atoms with Gasteiger partial charge >= 0.3 is 0 Å². The van der Waals surface area contributed by atoms with Gasteiger partial charge in [-0.3, -0.25) is 9.59 Å². The lowest BCUT2D eigenvalue weighted by Gasteiger charge is -2.46. The Labute approximate surface area is 149 Å². The molecule has 0 saturated carbocycles. The number of hydrogen-bond acceptors (Lipinski definition) is 7. The van der Waals surface area contributed by atoms with Crippen LogP contribution in [0.25, 0.3) is 0 Å². The van der Waals surface area contributed by atoms with E-state index in [0.717, 1.165) is 5.56 Å². The zero-order valence-electron chi connectivity index (χ0n) is 14.3. The van der Waals surface area contributed by atoms with Crippen LogP contribution in [0.3, 0.4) is 0 Å². The summed E-state index contributed by atoms with van der Waals surface area (Å²) in [7, 11) is 0. The molecule has 0 radical (unpaired) electrons. The minimum atomic E-state index is -0.405. The van der Waals surface area contributed by atoms with E-state index in [4.69, 9.17) is 14.9 Å². The molecule has 2 fully saturated rings. The monoisotopic (exact) mass is 357 g/mol. The normalized spacial score (nSPS) is 20.8. The van der Waals surface area contributed by atoms with Gasteiger partial charge in [-0.25, -0.2) is 9.97 Å². The second-order valence-electron chi connectivity index (χ2n) is 6.82. The van der Waals surface area contributed by atoms with Crippen LogP contribution in [0, 0.1) is 6.92 Å². The van der Waals surface area contributed by atoms with Crippen molar-refractivity contribution in [1.29, 1.82) is 0 Å². The summed E-state index contributed by atoms with van der Waals surface area (Å²) in [5.41, 5.74) is 7.10. The Bertz CT molecular complexity index is 845. The second kappa shape index (κ2) is 6.10. The molecule has 2 aliphatic heterocycles. The van der Waals surface area contributed by atoms with E-state index in [-0.39, 0.29) is 23.6 Å². The highest BCUT2D eigenvalue weighted by molar-refractivity contribution is 5.93. The molecule has 4 rings (SSSR count). The van der Waals surface area contributed by atoms with Gasteiger partial charge in [-0.15, -0.1) is 0 Å². The lowest BCUT2D eigenvalue weighted by Crippen LogP contribution is -2.63. The van der Waals surface area contributed by atoms with Crippen LogP contribution < -0.4 is 11.1 Å². The molecule has 1 atom stereocenters. The summed E-state index contributed by atoms with van der Waals surface area (Å²) in [5, 5.41) is 2.87. The van der Waals surface area contributed by atoms with Crippen molar-refractivity contribution < 1.29 is 18.7 Å². The van der Waals surface area contributed by atoms with Gasteiger partial charge in [0.25, 0.3) is 11.8 Å². The lowest BCUT2D eigenvalue weighted by atomic mass is 9.89. The number of carbonyl (C=O) groups is 2. The van der Waals surface area contributed by atoms with Gasteiger partial charge in [-0.2, -0.15) is 0 Å². The van der Waals surface area contributed by atoms with Crippen LogP contribution in [0.4, 0.5) is 5.69 Å². The summed E-state index contributed by atoms with van der Waals surface area (Å²) in [6, 6.07) is 1.57. The number of ether oxygens (including phenoxy) is 1. The Balaban J connectivity index is 1.33. The molecule has 136 valence electrons. The number of nitrogen functional groups attached to an aromatic ring is 1. The highest BCUT2D eigenvalue weighted by Crippen LogP contribution is 2.36. The van der Waals surface area contributed by atoms with Crippen molar-refractivity contribution in [3.8, 4) is 0 Å². The van der Waals surface area contributed by atoms with Gasteiger partial charge in [0.2, 0.25) is 5.76 Å². The highest BCUT2D eigenvalue weighted by Gasteiger charge is 2.51. The van der Waals surface area contributed by atoms with Gasteiger partial charge in [-0.1, -0.05) is 0 Å². The maximum absolute atomic E-state index is 12.5. The molecule has 3 N–H and O–H groups in total. The first kappa shape index (κ1) is 16.5. The van der Waals surface area contributed by atoms with E-state index in [9.17, 15) is 9.59 Å². The first-order valence-electron chi connectivity index (χ1n) is 8.30. The molecule has 9 nitrogen and oxygen atoms in total. The quantitative estimate of drug-likeness (QED) is 0.813. The maximum atomic E-state index is 12.5. The van der Waals surface area contributed by atoms with Crippen molar-refractivity contribution in [3.63, 3.8) is 0 Å². The van der Waals surface area contributed by atoms with Crippen LogP contribution in [-0.4, -0.2) is 58.0 Å². The fourth-order valence-electron chi connectivity index (χ4n) is 3.38. The first-order valence-corrected chi connectivity index (χ1v) is 8.30. The Morgan fingerprint density at radius 1 is 1.38 bits per heavy atom. The van der Waals surface area contributed by atoms with E-state index in [0.29, 0.717) is 37.5 Å². The smallest absolute Gasteiger partial charge is 0.289 e. The Morgan fingerprint density at radius 3 is 2.88 bits per heavy atom. The van der Waals surface area contributed by atoms with Gasteiger partial charge in [0.1, 0.15) is 11.3 Å². The number of anilines is 1. The Morgan fingerprint density at radius 2 is 2.19 bits per heavy atom. The molecule has 4 heterocycles. The van der Waals surface area contributed by atoms with E-state index >= 15 is 0 Å². The van der Waals surface area contributed by atoms with Crippen molar-refractivity contribution in [2.24, 2.45) is 0 Å². The number of rotatable bonds is 3. The standard InChI is InChI=1S/C17H19N5O4/c1-10-2-13(20-4-12(10)18)16(24)22-7-17(8-22)3-11(6-26-17)21-15(23)14-5-19-9-25-14/h2,4-5,9,11H,3,6-8,18H2,1H3,(H,21,23). The molecule has 0 bridgehead atoms. The van der Waals surface area contributed by atoms with Crippen molar-refractivity contribution in [2.45, 2.75) is 25.0 Å². The van der Waals surface area contributed by atoms with Gasteiger partial charge in [-0.05, 0) is 18.6 Å². The van der Waals surface area contributed by atoms with Gasteiger partial charge in [0.15, 0.2) is 6.39 Å². The number of carbonyl (C=O) groups excluding carboxylic acids is 2. The minimum absolute atomic E-state index is 0.123. The summed E-state index contributed by atoms with van der Waals surface area (Å²) in [6.07, 6.45) is 4.72. The molecule has 1 spiro atoms. The molecule has 0 aromatic carbocycles. The molecule has 2 amide bonds.